The van der Waals surface area contributed by atoms with E-state index in [1.807, 2.05) is 0 Å². The van der Waals surface area contributed by atoms with E-state index in [9.17, 15) is 0 Å². The zero-order valence-electron chi connectivity index (χ0n) is 12.2. The molecule has 96 valence electrons. The molecule has 1 nitrogen and oxygen atoms in total. The van der Waals surface area contributed by atoms with Crippen molar-refractivity contribution in [1.29, 1.82) is 0 Å². The highest BCUT2D eigenvalue weighted by Gasteiger charge is 2.24. The lowest BCUT2D eigenvalue weighted by Crippen LogP contribution is -2.25. The van der Waals surface area contributed by atoms with Gasteiger partial charge in [0.1, 0.15) is 0 Å². The minimum absolute atomic E-state index is 0.373. The summed E-state index contributed by atoms with van der Waals surface area (Å²) in [5, 5.41) is 3.46. The third-order valence-electron chi connectivity index (χ3n) is 3.98. The van der Waals surface area contributed by atoms with E-state index in [1.165, 1.54) is 17.5 Å². The Hall–Kier alpha value is -0.820. The topological polar surface area (TPSA) is 12.0 Å². The highest BCUT2D eigenvalue weighted by Crippen LogP contribution is 2.33. The van der Waals surface area contributed by atoms with Crippen molar-refractivity contribution in [2.45, 2.75) is 47.1 Å². The molecule has 0 fully saturated rings. The van der Waals surface area contributed by atoms with E-state index in [2.05, 4.69) is 71.2 Å². The zero-order valence-corrected chi connectivity index (χ0v) is 12.2. The second-order valence-corrected chi connectivity index (χ2v) is 6.20. The van der Waals surface area contributed by atoms with Gasteiger partial charge in [-0.15, -0.1) is 0 Å². The van der Waals surface area contributed by atoms with E-state index >= 15 is 0 Å². The van der Waals surface area contributed by atoms with Crippen LogP contribution in [0.1, 0.15) is 51.3 Å². The molecule has 17 heavy (non-hydrogen) atoms. The number of nitrogens with one attached hydrogen (secondary N) is 1. The highest BCUT2D eigenvalue weighted by molar-refractivity contribution is 5.28. The van der Waals surface area contributed by atoms with E-state index in [-0.39, 0.29) is 0 Å². The Kier molecular flexibility index (Phi) is 4.76. The molecular weight excluding hydrogens is 206 g/mol. The first-order valence-corrected chi connectivity index (χ1v) is 6.59. The molecule has 1 rings (SSSR count). The van der Waals surface area contributed by atoms with Gasteiger partial charge in [0.25, 0.3) is 0 Å². The summed E-state index contributed by atoms with van der Waals surface area (Å²) in [5.41, 5.74) is 3.19. The van der Waals surface area contributed by atoms with Gasteiger partial charge >= 0.3 is 0 Å². The van der Waals surface area contributed by atoms with Gasteiger partial charge in [-0.05, 0) is 42.9 Å². The molecule has 0 amide bonds. The van der Waals surface area contributed by atoms with Crippen molar-refractivity contribution in [3.63, 3.8) is 0 Å². The van der Waals surface area contributed by atoms with Crippen LogP contribution in [0.4, 0.5) is 0 Å². The van der Waals surface area contributed by atoms with E-state index in [0.717, 1.165) is 0 Å². The van der Waals surface area contributed by atoms with Crippen LogP contribution in [0.15, 0.2) is 24.3 Å². The van der Waals surface area contributed by atoms with Gasteiger partial charge in [-0.2, -0.15) is 0 Å². The summed E-state index contributed by atoms with van der Waals surface area (Å²) in [6.07, 6.45) is 1.19. The minimum atomic E-state index is 0.373. The van der Waals surface area contributed by atoms with Crippen molar-refractivity contribution in [2.24, 2.45) is 11.3 Å². The maximum absolute atomic E-state index is 3.46. The first-order chi connectivity index (χ1) is 7.86. The van der Waals surface area contributed by atoms with Crippen molar-refractivity contribution >= 4 is 0 Å². The molecular formula is C16H27N. The maximum atomic E-state index is 3.46. The summed E-state index contributed by atoms with van der Waals surface area (Å²) in [4.78, 5) is 0. The molecule has 0 aliphatic heterocycles. The predicted octanol–water partition coefficient (Wildman–Crippen LogP) is 4.33. The first kappa shape index (κ1) is 14.2. The van der Waals surface area contributed by atoms with Crippen LogP contribution in [0.5, 0.6) is 0 Å². The normalized spacial score (nSPS) is 15.6. The molecule has 0 saturated heterocycles. The van der Waals surface area contributed by atoms with E-state index in [0.29, 0.717) is 17.4 Å². The standard InChI is InChI=1S/C16H27N/c1-12-9-7-8-10-14(12)15(17-6)11-13(2)16(3,4)5/h7-10,13,15,17H,11H2,1-6H3. The lowest BCUT2D eigenvalue weighted by Gasteiger charge is -2.31. The van der Waals surface area contributed by atoms with Gasteiger partial charge in [-0.1, -0.05) is 52.0 Å². The molecule has 0 aliphatic carbocycles. The zero-order chi connectivity index (χ0) is 13.1. The number of benzene rings is 1. The second-order valence-electron chi connectivity index (χ2n) is 6.20. The van der Waals surface area contributed by atoms with Crippen LogP contribution in [0, 0.1) is 18.3 Å². The Morgan fingerprint density at radius 1 is 1.18 bits per heavy atom. The Bertz CT molecular complexity index is 349. The van der Waals surface area contributed by atoms with E-state index < -0.39 is 0 Å². The van der Waals surface area contributed by atoms with E-state index in [4.69, 9.17) is 0 Å². The fourth-order valence-electron chi connectivity index (χ4n) is 2.09. The number of hydrogen-bond acceptors (Lipinski definition) is 1. The third-order valence-corrected chi connectivity index (χ3v) is 3.98. The molecule has 0 saturated carbocycles. The average Bonchev–Trinajstić information content (AvgIpc) is 2.25. The summed E-state index contributed by atoms with van der Waals surface area (Å²) in [7, 11) is 2.06. The fraction of sp³-hybridized carbons (Fsp3) is 0.625. The van der Waals surface area contributed by atoms with Crippen molar-refractivity contribution in [3.05, 3.63) is 35.4 Å². The second kappa shape index (κ2) is 5.68. The Labute approximate surface area is 107 Å². The van der Waals surface area contributed by atoms with Crippen LogP contribution < -0.4 is 5.32 Å². The van der Waals surface area contributed by atoms with Gasteiger partial charge < -0.3 is 5.32 Å². The van der Waals surface area contributed by atoms with Gasteiger partial charge in [-0.3, -0.25) is 0 Å². The van der Waals surface area contributed by atoms with Crippen LogP contribution in [0.3, 0.4) is 0 Å². The molecule has 0 spiro atoms. The molecule has 1 heteroatoms. The molecule has 2 unspecified atom stereocenters. The lowest BCUT2D eigenvalue weighted by molar-refractivity contribution is 0.226. The fourth-order valence-corrected chi connectivity index (χ4v) is 2.09. The summed E-state index contributed by atoms with van der Waals surface area (Å²) >= 11 is 0. The third kappa shape index (κ3) is 3.85. The molecule has 1 aromatic rings. The number of hydrogen-bond donors (Lipinski definition) is 1. The van der Waals surface area contributed by atoms with Crippen LogP contribution in [0.25, 0.3) is 0 Å². The summed E-state index contributed by atoms with van der Waals surface area (Å²) in [6.45, 7) is 11.5. The van der Waals surface area contributed by atoms with Crippen molar-refractivity contribution in [3.8, 4) is 0 Å². The maximum Gasteiger partial charge on any atom is 0.0322 e. The number of rotatable bonds is 4. The SMILES string of the molecule is CNC(CC(C)C(C)(C)C)c1ccccc1C. The average molecular weight is 233 g/mol. The van der Waals surface area contributed by atoms with Crippen LogP contribution in [-0.2, 0) is 0 Å². The largest absolute Gasteiger partial charge is 0.313 e. The molecule has 0 bridgehead atoms. The molecule has 0 aromatic heterocycles. The van der Waals surface area contributed by atoms with Gasteiger partial charge in [0, 0.05) is 6.04 Å². The minimum Gasteiger partial charge on any atom is -0.313 e. The Morgan fingerprint density at radius 3 is 2.24 bits per heavy atom. The monoisotopic (exact) mass is 233 g/mol. The van der Waals surface area contributed by atoms with Gasteiger partial charge in [-0.25, -0.2) is 0 Å². The molecule has 2 atom stereocenters. The van der Waals surface area contributed by atoms with Crippen molar-refractivity contribution in [2.75, 3.05) is 7.05 Å². The number of aryl methyl sites for hydroxylation is 1. The summed E-state index contributed by atoms with van der Waals surface area (Å²) < 4.78 is 0. The Balaban J connectivity index is 2.83. The van der Waals surface area contributed by atoms with Gasteiger partial charge in [0.2, 0.25) is 0 Å². The molecule has 1 N–H and O–H groups in total. The summed E-state index contributed by atoms with van der Waals surface area (Å²) in [5.74, 6) is 0.694. The van der Waals surface area contributed by atoms with Crippen LogP contribution in [0.2, 0.25) is 0 Å². The first-order valence-electron chi connectivity index (χ1n) is 6.59. The van der Waals surface area contributed by atoms with E-state index in [1.54, 1.807) is 0 Å². The van der Waals surface area contributed by atoms with Gasteiger partial charge in [0.15, 0.2) is 0 Å². The highest BCUT2D eigenvalue weighted by atomic mass is 14.9. The van der Waals surface area contributed by atoms with Crippen LogP contribution >= 0.6 is 0 Å². The van der Waals surface area contributed by atoms with Gasteiger partial charge in [0.05, 0.1) is 0 Å². The molecule has 0 radical (unpaired) electrons. The smallest absolute Gasteiger partial charge is 0.0322 e. The predicted molar refractivity (Wildman–Crippen MR) is 76.2 cm³/mol. The molecule has 1 aromatic carbocycles. The quantitative estimate of drug-likeness (QED) is 0.816. The van der Waals surface area contributed by atoms with Crippen molar-refractivity contribution in [1.82, 2.24) is 5.32 Å². The van der Waals surface area contributed by atoms with Crippen molar-refractivity contribution < 1.29 is 0 Å². The molecule has 0 heterocycles. The lowest BCUT2D eigenvalue weighted by atomic mass is 9.77. The summed E-state index contributed by atoms with van der Waals surface area (Å²) in [6, 6.07) is 9.14. The van der Waals surface area contributed by atoms with Crippen LogP contribution in [-0.4, -0.2) is 7.05 Å². The molecule has 0 aliphatic rings. The Morgan fingerprint density at radius 2 is 1.76 bits per heavy atom.